The Morgan fingerprint density at radius 1 is 1.32 bits per heavy atom. The van der Waals surface area contributed by atoms with Crippen LogP contribution in [0.25, 0.3) is 0 Å². The Balaban J connectivity index is 0.00000220. The summed E-state index contributed by atoms with van der Waals surface area (Å²) in [5.41, 5.74) is 1.06. The van der Waals surface area contributed by atoms with E-state index in [1.165, 1.54) is 6.04 Å². The van der Waals surface area contributed by atoms with Gasteiger partial charge in [-0.15, -0.1) is 0 Å². The van der Waals surface area contributed by atoms with Gasteiger partial charge < -0.3 is 14.5 Å². The summed E-state index contributed by atoms with van der Waals surface area (Å²) < 4.78 is 6.82. The molecule has 0 aliphatic carbocycles. The molecule has 22 heavy (non-hydrogen) atoms. The number of halogens is 1. The first-order valence-electron chi connectivity index (χ1n) is 6.93. The number of aromatic nitrogens is 1. The first kappa shape index (κ1) is 22.8. The predicted octanol–water partition coefficient (Wildman–Crippen LogP) is 3.57. The van der Waals surface area contributed by atoms with Crippen molar-refractivity contribution in [3.63, 3.8) is 0 Å². The molecule has 124 valence electrons. The maximum absolute atomic E-state index is 5.84. The van der Waals surface area contributed by atoms with Gasteiger partial charge in [0.05, 0.1) is 5.69 Å². The minimum absolute atomic E-state index is 0. The summed E-state index contributed by atoms with van der Waals surface area (Å²) in [6.07, 6.45) is 1.83. The third kappa shape index (κ3) is 6.72. The Kier molecular flexibility index (Phi) is 10.3. The van der Waals surface area contributed by atoms with Gasteiger partial charge in [0.2, 0.25) is 0 Å². The van der Waals surface area contributed by atoms with Crippen LogP contribution in [0.4, 0.5) is 11.5 Å². The molecule has 0 N–H and O–H groups in total. The molecule has 0 amide bonds. The molecule has 1 aromatic heterocycles. The average Bonchev–Trinajstić information content (AvgIpc) is 2.36. The molecular weight excluding hydrogens is 702 g/mol. The Hall–Kier alpha value is 0.784. The number of nitrogens with zero attached hydrogens (tertiary/aromatic N) is 3. The Morgan fingerprint density at radius 2 is 2.00 bits per heavy atom. The van der Waals surface area contributed by atoms with Crippen LogP contribution in [0, 0.1) is 7.05 Å². The third-order valence-corrected chi connectivity index (χ3v) is 5.48. The van der Waals surface area contributed by atoms with Crippen molar-refractivity contribution in [3.8, 4) is 0 Å². The van der Waals surface area contributed by atoms with Crippen LogP contribution < -0.4 is 9.80 Å². The number of ether oxygens (including phenoxy) is 1. The van der Waals surface area contributed by atoms with E-state index in [0.717, 1.165) is 35.7 Å². The fourth-order valence-electron chi connectivity index (χ4n) is 2.04. The van der Waals surface area contributed by atoms with Crippen molar-refractivity contribution in [2.24, 2.45) is 0 Å². The maximum atomic E-state index is 5.84. The first-order chi connectivity index (χ1) is 9.37. The van der Waals surface area contributed by atoms with E-state index in [-0.39, 0.29) is 42.1 Å². The number of rotatable bonds is 5. The smallest absolute Gasteiger partial charge is 0.151 e. The van der Waals surface area contributed by atoms with E-state index in [1.807, 2.05) is 11.1 Å². The molecule has 0 saturated carbocycles. The van der Waals surface area contributed by atoms with Crippen molar-refractivity contribution in [3.05, 3.63) is 23.8 Å². The molecule has 0 atom stereocenters. The van der Waals surface area contributed by atoms with E-state index in [9.17, 15) is 0 Å². The monoisotopic (exact) mass is 724 g/mol. The number of anilines is 2. The van der Waals surface area contributed by atoms with Crippen LogP contribution >= 0.6 is 15.9 Å². The van der Waals surface area contributed by atoms with Gasteiger partial charge >= 0.3 is 0 Å². The summed E-state index contributed by atoms with van der Waals surface area (Å²) >= 11 is 3.46. The topological polar surface area (TPSA) is 28.6 Å². The van der Waals surface area contributed by atoms with Crippen LogP contribution in [0.3, 0.4) is 0 Å². The second kappa shape index (κ2) is 9.93. The van der Waals surface area contributed by atoms with Crippen molar-refractivity contribution in [1.82, 2.24) is 4.98 Å². The van der Waals surface area contributed by atoms with Gasteiger partial charge in [0.15, 0.2) is 5.82 Å². The molecule has 0 fully saturated rings. The fourth-order valence-corrected chi connectivity index (χ4v) is 3.12. The number of fused-ring (bicyclic) bond motifs is 1. The minimum Gasteiger partial charge on any atom is -0.521 e. The zero-order valence-corrected chi connectivity index (χ0v) is 21.8. The molecule has 4 nitrogen and oxygen atoms in total. The third-order valence-electron chi connectivity index (χ3n) is 3.34. The molecule has 1 aromatic rings. The summed E-state index contributed by atoms with van der Waals surface area (Å²) in [6.45, 7) is 10.3. The van der Waals surface area contributed by atoms with Crippen molar-refractivity contribution < 1.29 is 46.9 Å². The van der Waals surface area contributed by atoms with E-state index in [4.69, 9.17) is 4.74 Å². The molecule has 1 aliphatic heterocycles. The van der Waals surface area contributed by atoms with Crippen LogP contribution in [0.2, 0.25) is 25.7 Å². The van der Waals surface area contributed by atoms with E-state index in [0.29, 0.717) is 6.73 Å². The average molecular weight is 725 g/mol. The molecule has 1 aliphatic rings. The van der Waals surface area contributed by atoms with Crippen LogP contribution in [0.1, 0.15) is 0 Å². The molecule has 0 unspecified atom stereocenters. The van der Waals surface area contributed by atoms with Gasteiger partial charge in [-0.25, -0.2) is 4.98 Å². The van der Waals surface area contributed by atoms with E-state index < -0.39 is 8.07 Å². The van der Waals surface area contributed by atoms with Crippen molar-refractivity contribution in [2.75, 3.05) is 36.2 Å². The van der Waals surface area contributed by atoms with Gasteiger partial charge in [-0.05, 0) is 28.0 Å². The fraction of sp³-hybridized carbons (Fsp3) is 0.571. The molecule has 0 radical (unpaired) electrons. The molecule has 0 bridgehead atoms. The first-order valence-corrected chi connectivity index (χ1v) is 11.4. The maximum Gasteiger partial charge on any atom is 0.151 e. The summed E-state index contributed by atoms with van der Waals surface area (Å²) in [5.74, 6) is 0.961. The summed E-state index contributed by atoms with van der Waals surface area (Å²) in [7, 11) is 3.04. The molecule has 8 heteroatoms. The molecule has 0 saturated heterocycles. The Labute approximate surface area is 172 Å². The quantitative estimate of drug-likeness (QED) is 0.264. The largest absolute Gasteiger partial charge is 0.521 e. The van der Waals surface area contributed by atoms with Crippen LogP contribution in [0.5, 0.6) is 0 Å². The molecule has 2 heterocycles. The van der Waals surface area contributed by atoms with Crippen LogP contribution in [0.15, 0.2) is 16.7 Å². The van der Waals surface area contributed by atoms with E-state index in [1.54, 1.807) is 0 Å². The van der Waals surface area contributed by atoms with Gasteiger partial charge in [0, 0.05) is 80.6 Å². The number of hydrogen-bond donors (Lipinski definition) is 0. The van der Waals surface area contributed by atoms with Gasteiger partial charge in [-0.1, -0.05) is 19.6 Å². The zero-order chi connectivity index (χ0) is 14.8. The molecule has 0 spiro atoms. The summed E-state index contributed by atoms with van der Waals surface area (Å²) in [5, 5.41) is 0. The minimum atomic E-state index is -1.02. The van der Waals surface area contributed by atoms with E-state index >= 15 is 0 Å². The SMILES string of the molecule is [CH2-]N1CCN(COCC[Si](C)(C)C)c2ncc(Br)cc21.[W].[W]. The van der Waals surface area contributed by atoms with Crippen molar-refractivity contribution in [1.29, 1.82) is 0 Å². The standard InChI is InChI=1S/C14H23BrN3OSi.2W/c1-17-5-6-18(11-19-7-8-20(2,3)4)14-13(17)9-12(15)10-16-14;;/h9-10H,1,5-8,11H2,2-4H3;;/q-1;;. The van der Waals surface area contributed by atoms with Crippen molar-refractivity contribution >= 4 is 35.5 Å². The van der Waals surface area contributed by atoms with Crippen molar-refractivity contribution in [2.45, 2.75) is 25.7 Å². The summed E-state index contributed by atoms with van der Waals surface area (Å²) in [6, 6.07) is 3.26. The molecule has 0 aromatic carbocycles. The zero-order valence-electron chi connectivity index (χ0n) is 13.3. The predicted molar refractivity (Wildman–Crippen MR) is 91.0 cm³/mol. The Morgan fingerprint density at radius 3 is 2.64 bits per heavy atom. The molecule has 2 rings (SSSR count). The number of pyridine rings is 1. The van der Waals surface area contributed by atoms with E-state index in [2.05, 4.69) is 58.6 Å². The Bertz CT molecular complexity index is 474. The normalized spacial score (nSPS) is 14.0. The van der Waals surface area contributed by atoms with Gasteiger partial charge in [-0.2, -0.15) is 0 Å². The van der Waals surface area contributed by atoms with Gasteiger partial charge in [0.1, 0.15) is 6.73 Å². The van der Waals surface area contributed by atoms with Gasteiger partial charge in [-0.3, -0.25) is 7.05 Å². The second-order valence-corrected chi connectivity index (χ2v) is 12.9. The number of hydrogen-bond acceptors (Lipinski definition) is 4. The van der Waals surface area contributed by atoms with Crippen LogP contribution in [-0.2, 0) is 46.9 Å². The van der Waals surface area contributed by atoms with Gasteiger partial charge in [0.25, 0.3) is 0 Å². The summed E-state index contributed by atoms with van der Waals surface area (Å²) in [4.78, 5) is 8.68. The van der Waals surface area contributed by atoms with Crippen LogP contribution in [-0.4, -0.2) is 39.5 Å². The second-order valence-electron chi connectivity index (χ2n) is 6.37. The molecular formula is C14H23BrN3OSiW2-.